The Hall–Kier alpha value is -1.52. The zero-order chi connectivity index (χ0) is 10.8. The third-order valence-electron chi connectivity index (χ3n) is 1.98. The van der Waals surface area contributed by atoms with E-state index in [9.17, 15) is 0 Å². The molecule has 0 fully saturated rings. The van der Waals surface area contributed by atoms with Crippen LogP contribution in [0.2, 0.25) is 0 Å². The van der Waals surface area contributed by atoms with Crippen LogP contribution < -0.4 is 5.73 Å². The van der Waals surface area contributed by atoms with Gasteiger partial charge >= 0.3 is 0 Å². The molecule has 2 N–H and O–H groups in total. The number of rotatable bonds is 1. The van der Waals surface area contributed by atoms with Crippen LogP contribution >= 0.6 is 15.9 Å². The molecule has 1 aromatic rings. The predicted molar refractivity (Wildman–Crippen MR) is 57.1 cm³/mol. The van der Waals surface area contributed by atoms with Crippen molar-refractivity contribution in [3.8, 4) is 12.1 Å². The summed E-state index contributed by atoms with van der Waals surface area (Å²) in [5, 5.41) is 17.8. The molecule has 1 aromatic carbocycles. The van der Waals surface area contributed by atoms with Gasteiger partial charge < -0.3 is 5.73 Å². The predicted octanol–water partition coefficient (Wildman–Crippen LogP) is 2.34. The molecule has 0 aliphatic carbocycles. The Morgan fingerprint density at radius 3 is 2.36 bits per heavy atom. The van der Waals surface area contributed by atoms with Gasteiger partial charge in [0.2, 0.25) is 0 Å². The number of benzene rings is 1. The fourth-order valence-electron chi connectivity index (χ4n) is 1.08. The zero-order valence-electron chi connectivity index (χ0n) is 7.58. The van der Waals surface area contributed by atoms with Crippen molar-refractivity contribution < 1.29 is 0 Å². The normalized spacial score (nSPS) is 10.3. The summed E-state index contributed by atoms with van der Waals surface area (Å²) in [4.78, 5) is 0. The minimum atomic E-state index is -1.13. The van der Waals surface area contributed by atoms with Gasteiger partial charge in [0.25, 0.3) is 0 Å². The van der Waals surface area contributed by atoms with E-state index >= 15 is 0 Å². The van der Waals surface area contributed by atoms with Crippen LogP contribution in [0, 0.1) is 22.7 Å². The van der Waals surface area contributed by atoms with Gasteiger partial charge in [0.15, 0.2) is 5.41 Å². The van der Waals surface area contributed by atoms with Gasteiger partial charge in [-0.05, 0) is 19.1 Å². The Balaban J connectivity index is 3.36. The summed E-state index contributed by atoms with van der Waals surface area (Å²) in [6.45, 7) is 1.57. The van der Waals surface area contributed by atoms with Gasteiger partial charge in [-0.15, -0.1) is 0 Å². The molecule has 0 spiro atoms. The average molecular weight is 250 g/mol. The molecule has 0 amide bonds. The number of halogens is 1. The van der Waals surface area contributed by atoms with E-state index in [0.29, 0.717) is 15.7 Å². The number of hydrogen-bond donors (Lipinski definition) is 1. The highest BCUT2D eigenvalue weighted by atomic mass is 79.9. The van der Waals surface area contributed by atoms with Crippen LogP contribution in [0.5, 0.6) is 0 Å². The molecule has 1 rings (SSSR count). The monoisotopic (exact) mass is 249 g/mol. The molecule has 0 bridgehead atoms. The van der Waals surface area contributed by atoms with E-state index in [1.165, 1.54) is 0 Å². The Morgan fingerprint density at radius 2 is 1.93 bits per heavy atom. The quantitative estimate of drug-likeness (QED) is 0.777. The van der Waals surface area contributed by atoms with Gasteiger partial charge in [-0.2, -0.15) is 10.5 Å². The maximum absolute atomic E-state index is 8.91. The molecular formula is C10H8BrN3. The molecule has 0 heterocycles. The molecule has 3 nitrogen and oxygen atoms in total. The molecule has 0 aliphatic heterocycles. The molecule has 14 heavy (non-hydrogen) atoms. The van der Waals surface area contributed by atoms with Crippen LogP contribution in [0.25, 0.3) is 0 Å². The topological polar surface area (TPSA) is 73.6 Å². The zero-order valence-corrected chi connectivity index (χ0v) is 9.17. The van der Waals surface area contributed by atoms with Crippen molar-refractivity contribution in [2.75, 3.05) is 5.73 Å². The first kappa shape index (κ1) is 10.6. The highest BCUT2D eigenvalue weighted by Gasteiger charge is 2.28. The van der Waals surface area contributed by atoms with E-state index in [1.807, 2.05) is 12.1 Å². The van der Waals surface area contributed by atoms with Crippen LogP contribution in [0.4, 0.5) is 5.69 Å². The third kappa shape index (κ3) is 1.71. The molecule has 0 radical (unpaired) electrons. The standard InChI is InChI=1S/C10H8BrN3/c1-10(5-12,6-13)8-3-2-7(14)4-9(8)11/h2-4H,14H2,1H3. The lowest BCUT2D eigenvalue weighted by atomic mass is 9.86. The lowest BCUT2D eigenvalue weighted by Crippen LogP contribution is -2.17. The van der Waals surface area contributed by atoms with E-state index in [0.717, 1.165) is 0 Å². The smallest absolute Gasteiger partial charge is 0.166 e. The van der Waals surface area contributed by atoms with Gasteiger partial charge in [-0.1, -0.05) is 22.0 Å². The first-order chi connectivity index (χ1) is 6.53. The summed E-state index contributed by atoms with van der Waals surface area (Å²) in [6, 6.07) is 8.99. The number of nitrogens with zero attached hydrogens (tertiary/aromatic N) is 2. The minimum Gasteiger partial charge on any atom is -0.399 e. The average Bonchev–Trinajstić information content (AvgIpc) is 2.17. The van der Waals surface area contributed by atoms with E-state index in [2.05, 4.69) is 15.9 Å². The van der Waals surface area contributed by atoms with Gasteiger partial charge in [0.05, 0.1) is 12.1 Å². The number of nitriles is 2. The van der Waals surface area contributed by atoms with E-state index in [4.69, 9.17) is 16.3 Å². The number of nitrogens with two attached hydrogens (primary N) is 1. The van der Waals surface area contributed by atoms with E-state index in [1.54, 1.807) is 25.1 Å². The highest BCUT2D eigenvalue weighted by molar-refractivity contribution is 9.10. The highest BCUT2D eigenvalue weighted by Crippen LogP contribution is 2.30. The van der Waals surface area contributed by atoms with Crippen LogP contribution in [0.3, 0.4) is 0 Å². The fourth-order valence-corrected chi connectivity index (χ4v) is 1.88. The molecule has 0 saturated heterocycles. The van der Waals surface area contributed by atoms with Crippen molar-refractivity contribution in [1.82, 2.24) is 0 Å². The summed E-state index contributed by atoms with van der Waals surface area (Å²) >= 11 is 3.28. The van der Waals surface area contributed by atoms with E-state index in [-0.39, 0.29) is 0 Å². The number of anilines is 1. The second kappa shape index (κ2) is 3.69. The summed E-state index contributed by atoms with van der Waals surface area (Å²) in [5.74, 6) is 0. The molecule has 0 saturated carbocycles. The first-order valence-corrected chi connectivity index (χ1v) is 4.71. The van der Waals surface area contributed by atoms with Crippen molar-refractivity contribution in [2.45, 2.75) is 12.3 Å². The van der Waals surface area contributed by atoms with Crippen molar-refractivity contribution in [3.05, 3.63) is 28.2 Å². The van der Waals surface area contributed by atoms with Crippen LogP contribution in [0.1, 0.15) is 12.5 Å². The Labute approximate surface area is 90.9 Å². The second-order valence-electron chi connectivity index (χ2n) is 3.09. The molecule has 70 valence electrons. The molecular weight excluding hydrogens is 242 g/mol. The lowest BCUT2D eigenvalue weighted by molar-refractivity contribution is 0.787. The van der Waals surface area contributed by atoms with Crippen molar-refractivity contribution >= 4 is 21.6 Å². The summed E-state index contributed by atoms with van der Waals surface area (Å²) in [7, 11) is 0. The van der Waals surface area contributed by atoms with E-state index < -0.39 is 5.41 Å². The van der Waals surface area contributed by atoms with Crippen molar-refractivity contribution in [2.24, 2.45) is 0 Å². The van der Waals surface area contributed by atoms with Gasteiger partial charge in [0, 0.05) is 15.7 Å². The molecule has 0 atom stereocenters. The van der Waals surface area contributed by atoms with Gasteiger partial charge in [-0.3, -0.25) is 0 Å². The maximum Gasteiger partial charge on any atom is 0.166 e. The summed E-state index contributed by atoms with van der Waals surface area (Å²) in [6.07, 6.45) is 0. The molecule has 0 unspecified atom stereocenters. The largest absolute Gasteiger partial charge is 0.399 e. The molecule has 4 heteroatoms. The number of hydrogen-bond acceptors (Lipinski definition) is 3. The van der Waals surface area contributed by atoms with Crippen LogP contribution in [0.15, 0.2) is 22.7 Å². The second-order valence-corrected chi connectivity index (χ2v) is 3.94. The van der Waals surface area contributed by atoms with Gasteiger partial charge in [0.1, 0.15) is 0 Å². The Kier molecular flexibility index (Phi) is 2.78. The third-order valence-corrected chi connectivity index (χ3v) is 2.64. The SMILES string of the molecule is CC(C#N)(C#N)c1ccc(N)cc1Br. The number of nitrogen functional groups attached to an aromatic ring is 1. The molecule has 0 aliphatic rings. The Morgan fingerprint density at radius 1 is 1.36 bits per heavy atom. The van der Waals surface area contributed by atoms with Crippen molar-refractivity contribution in [3.63, 3.8) is 0 Å². The fraction of sp³-hybridized carbons (Fsp3) is 0.200. The van der Waals surface area contributed by atoms with Crippen molar-refractivity contribution in [1.29, 1.82) is 10.5 Å². The minimum absolute atomic E-state index is 0.596. The summed E-state index contributed by atoms with van der Waals surface area (Å²) < 4.78 is 0.683. The maximum atomic E-state index is 8.91. The lowest BCUT2D eigenvalue weighted by Gasteiger charge is -2.14. The molecule has 0 aromatic heterocycles. The summed E-state index contributed by atoms with van der Waals surface area (Å²) in [5.41, 5.74) is 5.66. The Bertz CT molecular complexity index is 426. The van der Waals surface area contributed by atoms with Crippen LogP contribution in [-0.4, -0.2) is 0 Å². The first-order valence-electron chi connectivity index (χ1n) is 3.91. The van der Waals surface area contributed by atoms with Crippen LogP contribution in [-0.2, 0) is 5.41 Å². The van der Waals surface area contributed by atoms with Gasteiger partial charge in [-0.25, -0.2) is 0 Å².